The quantitative estimate of drug-likeness (QED) is 0.377. The molecule has 2 aromatic carbocycles. The third-order valence-electron chi connectivity index (χ3n) is 7.81. The van der Waals surface area contributed by atoms with Gasteiger partial charge in [0.25, 0.3) is 0 Å². The molecule has 194 valence electrons. The molecule has 0 aromatic heterocycles. The number of carbonyl (C=O) groups is 1. The van der Waals surface area contributed by atoms with Crippen molar-refractivity contribution in [2.75, 3.05) is 19.6 Å². The first-order valence-corrected chi connectivity index (χ1v) is 13.0. The van der Waals surface area contributed by atoms with Crippen LogP contribution < -0.4 is 5.32 Å². The molecule has 1 aliphatic heterocycles. The molecule has 0 unspecified atom stereocenters. The van der Waals surface area contributed by atoms with Crippen LogP contribution in [-0.4, -0.2) is 41.7 Å². The lowest BCUT2D eigenvalue weighted by Gasteiger charge is -2.37. The Morgan fingerprint density at radius 1 is 0.857 bits per heavy atom. The highest BCUT2D eigenvalue weighted by Gasteiger charge is 2.26. The Morgan fingerprint density at radius 2 is 1.51 bits per heavy atom. The molecule has 1 aliphatic carbocycles. The largest absolute Gasteiger partial charge is 0.481 e. The molecule has 0 atom stereocenters. The van der Waals surface area contributed by atoms with E-state index < -0.39 is 5.97 Å². The first-order chi connectivity index (χ1) is 16.2. The molecule has 0 bridgehead atoms. The Balaban J connectivity index is 0.00000216. The summed E-state index contributed by atoms with van der Waals surface area (Å²) in [5, 5.41) is 12.5. The summed E-state index contributed by atoms with van der Waals surface area (Å²) >= 11 is 0. The van der Waals surface area contributed by atoms with Gasteiger partial charge in [0.1, 0.15) is 0 Å². The van der Waals surface area contributed by atoms with Gasteiger partial charge in [0, 0.05) is 25.6 Å². The molecule has 4 nitrogen and oxygen atoms in total. The number of carboxylic acids is 1. The second-order valence-electron chi connectivity index (χ2n) is 10.1. The highest BCUT2D eigenvalue weighted by atomic mass is 35.5. The molecular formula is C29H42Cl2N2O2. The first-order valence-electron chi connectivity index (χ1n) is 13.0. The fourth-order valence-electron chi connectivity index (χ4n) is 5.72. The zero-order valence-electron chi connectivity index (χ0n) is 20.7. The lowest BCUT2D eigenvalue weighted by atomic mass is 9.82. The van der Waals surface area contributed by atoms with Crippen molar-refractivity contribution in [2.45, 2.75) is 76.3 Å². The van der Waals surface area contributed by atoms with Crippen LogP contribution in [0.5, 0.6) is 0 Å². The Bertz CT molecular complexity index is 849. The van der Waals surface area contributed by atoms with E-state index in [1.54, 1.807) is 0 Å². The lowest BCUT2D eigenvalue weighted by Crippen LogP contribution is -2.39. The predicted octanol–water partition coefficient (Wildman–Crippen LogP) is 6.47. The zero-order chi connectivity index (χ0) is 22.9. The summed E-state index contributed by atoms with van der Waals surface area (Å²) in [6.07, 6.45) is 9.41. The van der Waals surface area contributed by atoms with E-state index in [-0.39, 0.29) is 24.8 Å². The van der Waals surface area contributed by atoms with Gasteiger partial charge in [-0.2, -0.15) is 0 Å². The maximum atomic E-state index is 11.0. The van der Waals surface area contributed by atoms with Crippen LogP contribution in [0.2, 0.25) is 0 Å². The van der Waals surface area contributed by atoms with Crippen molar-refractivity contribution >= 4 is 30.8 Å². The minimum Gasteiger partial charge on any atom is -0.481 e. The predicted molar refractivity (Wildman–Crippen MR) is 149 cm³/mol. The van der Waals surface area contributed by atoms with Crippen molar-refractivity contribution in [1.82, 2.24) is 10.2 Å². The summed E-state index contributed by atoms with van der Waals surface area (Å²) in [6.45, 7) is 4.35. The Hall–Kier alpha value is -1.59. The van der Waals surface area contributed by atoms with E-state index in [0.29, 0.717) is 24.3 Å². The van der Waals surface area contributed by atoms with Crippen LogP contribution in [0.3, 0.4) is 0 Å². The van der Waals surface area contributed by atoms with E-state index in [1.807, 2.05) is 0 Å². The first kappa shape index (κ1) is 29.6. The average molecular weight is 522 g/mol. The minimum atomic E-state index is -0.658. The van der Waals surface area contributed by atoms with Crippen molar-refractivity contribution < 1.29 is 9.90 Å². The van der Waals surface area contributed by atoms with Crippen molar-refractivity contribution in [1.29, 1.82) is 0 Å². The number of hydrogen-bond donors (Lipinski definition) is 2. The number of hydrogen-bond acceptors (Lipinski definition) is 3. The third-order valence-corrected chi connectivity index (χ3v) is 7.81. The Morgan fingerprint density at radius 3 is 2.14 bits per heavy atom. The highest BCUT2D eigenvalue weighted by molar-refractivity contribution is 5.85. The van der Waals surface area contributed by atoms with E-state index in [4.69, 9.17) is 5.11 Å². The van der Waals surface area contributed by atoms with Gasteiger partial charge in [0.2, 0.25) is 0 Å². The van der Waals surface area contributed by atoms with Crippen LogP contribution >= 0.6 is 24.8 Å². The van der Waals surface area contributed by atoms with Gasteiger partial charge in [-0.25, -0.2) is 0 Å². The number of nitrogens with zero attached hydrogens (tertiary/aromatic N) is 1. The third kappa shape index (κ3) is 9.42. The van der Waals surface area contributed by atoms with E-state index in [0.717, 1.165) is 51.9 Å². The van der Waals surface area contributed by atoms with Gasteiger partial charge in [0.15, 0.2) is 0 Å². The second kappa shape index (κ2) is 15.5. The molecule has 1 heterocycles. The lowest BCUT2D eigenvalue weighted by molar-refractivity contribution is -0.137. The van der Waals surface area contributed by atoms with Gasteiger partial charge in [-0.1, -0.05) is 54.6 Å². The molecule has 0 radical (unpaired) electrons. The molecule has 6 heteroatoms. The van der Waals surface area contributed by atoms with E-state index in [9.17, 15) is 4.79 Å². The summed E-state index contributed by atoms with van der Waals surface area (Å²) in [5.41, 5.74) is 4.31. The minimum absolute atomic E-state index is 0. The fourth-order valence-corrected chi connectivity index (χ4v) is 5.72. The number of aliphatic carboxylic acids is 1. The van der Waals surface area contributed by atoms with Crippen LogP contribution in [0, 0.1) is 5.92 Å². The molecule has 4 rings (SSSR count). The van der Waals surface area contributed by atoms with E-state index in [2.05, 4.69) is 64.8 Å². The Kier molecular flexibility index (Phi) is 13.1. The average Bonchev–Trinajstić information content (AvgIpc) is 2.87. The SMILES string of the molecule is Cl.Cl.O=C(O)CCC1CCC(N(CCc2ccccc2)Cc2ccc(C3CCNCC3)cc2)CC1. The van der Waals surface area contributed by atoms with Crippen molar-refractivity contribution in [3.05, 3.63) is 71.3 Å². The molecule has 2 fully saturated rings. The molecule has 0 spiro atoms. The van der Waals surface area contributed by atoms with Gasteiger partial charge in [-0.3, -0.25) is 9.69 Å². The maximum absolute atomic E-state index is 11.0. The van der Waals surface area contributed by atoms with Crippen LogP contribution in [0.4, 0.5) is 0 Å². The Labute approximate surface area is 223 Å². The number of benzene rings is 2. The van der Waals surface area contributed by atoms with Gasteiger partial charge >= 0.3 is 5.97 Å². The van der Waals surface area contributed by atoms with Gasteiger partial charge in [-0.05, 0) is 93.0 Å². The zero-order valence-corrected chi connectivity index (χ0v) is 22.4. The van der Waals surface area contributed by atoms with Gasteiger partial charge in [-0.15, -0.1) is 24.8 Å². The van der Waals surface area contributed by atoms with Gasteiger partial charge in [0.05, 0.1) is 0 Å². The summed E-state index contributed by atoms with van der Waals surface area (Å²) in [4.78, 5) is 13.6. The van der Waals surface area contributed by atoms with Crippen molar-refractivity contribution in [2.24, 2.45) is 5.92 Å². The second-order valence-corrected chi connectivity index (χ2v) is 10.1. The van der Waals surface area contributed by atoms with Crippen molar-refractivity contribution in [3.8, 4) is 0 Å². The summed E-state index contributed by atoms with van der Waals surface area (Å²) in [7, 11) is 0. The number of carboxylic acid groups (broad SMARTS) is 1. The molecule has 2 aliphatic rings. The molecule has 0 amide bonds. The molecule has 35 heavy (non-hydrogen) atoms. The normalized spacial score (nSPS) is 20.6. The maximum Gasteiger partial charge on any atom is 0.303 e. The monoisotopic (exact) mass is 520 g/mol. The number of halogens is 2. The van der Waals surface area contributed by atoms with E-state index >= 15 is 0 Å². The number of nitrogens with one attached hydrogen (secondary N) is 1. The molecule has 1 saturated heterocycles. The van der Waals surface area contributed by atoms with Crippen molar-refractivity contribution in [3.63, 3.8) is 0 Å². The summed E-state index contributed by atoms with van der Waals surface area (Å²) in [6, 6.07) is 20.8. The molecular weight excluding hydrogens is 479 g/mol. The topological polar surface area (TPSA) is 52.6 Å². The van der Waals surface area contributed by atoms with Crippen LogP contribution in [0.25, 0.3) is 0 Å². The fraction of sp³-hybridized carbons (Fsp3) is 0.552. The number of piperidine rings is 1. The van der Waals surface area contributed by atoms with Crippen LogP contribution in [0.1, 0.15) is 74.0 Å². The molecule has 1 saturated carbocycles. The highest BCUT2D eigenvalue weighted by Crippen LogP contribution is 2.32. The molecule has 2 aromatic rings. The number of rotatable bonds is 10. The summed E-state index contributed by atoms with van der Waals surface area (Å²) < 4.78 is 0. The van der Waals surface area contributed by atoms with Crippen LogP contribution in [0.15, 0.2) is 54.6 Å². The van der Waals surface area contributed by atoms with E-state index in [1.165, 1.54) is 42.4 Å². The smallest absolute Gasteiger partial charge is 0.303 e. The molecule has 2 N–H and O–H groups in total. The standard InChI is InChI=1S/C29H40N2O2.2ClH/c32-29(33)15-10-24-8-13-28(14-9-24)31(21-18-23-4-2-1-3-5-23)22-25-6-11-26(12-7-25)27-16-19-30-20-17-27;;/h1-7,11-12,24,27-28,30H,8-10,13-22H2,(H,32,33);2*1H. The summed E-state index contributed by atoms with van der Waals surface area (Å²) in [5.74, 6) is 0.628. The van der Waals surface area contributed by atoms with Gasteiger partial charge < -0.3 is 10.4 Å². The van der Waals surface area contributed by atoms with Crippen LogP contribution in [-0.2, 0) is 17.8 Å².